The van der Waals surface area contributed by atoms with Crippen LogP contribution in [0.15, 0.2) is 30.3 Å². The van der Waals surface area contributed by atoms with Crippen molar-refractivity contribution in [2.75, 3.05) is 0 Å². The molecular weight excluding hydrogens is 368 g/mol. The van der Waals surface area contributed by atoms with E-state index in [9.17, 15) is 13.6 Å². The summed E-state index contributed by atoms with van der Waals surface area (Å²) in [5, 5.41) is 14.2. The van der Waals surface area contributed by atoms with Gasteiger partial charge >= 0.3 is 6.61 Å². The maximum Gasteiger partial charge on any atom is 0.387 e. The molecule has 1 unspecified atom stereocenters. The number of H-pyrrole nitrogens is 1. The molecule has 2 heterocycles. The van der Waals surface area contributed by atoms with E-state index in [0.29, 0.717) is 11.4 Å². The Kier molecular flexibility index (Phi) is 5.43. The summed E-state index contributed by atoms with van der Waals surface area (Å²) in [6.45, 7) is 2.76. The molecule has 3 aromatic rings. The van der Waals surface area contributed by atoms with E-state index in [4.69, 9.17) is 0 Å². The van der Waals surface area contributed by atoms with E-state index < -0.39 is 6.61 Å². The van der Waals surface area contributed by atoms with Gasteiger partial charge in [-0.1, -0.05) is 12.1 Å². The highest BCUT2D eigenvalue weighted by atomic mass is 19.3. The molecule has 1 atom stereocenters. The molecule has 148 valence electrons. The number of alkyl halides is 2. The van der Waals surface area contributed by atoms with Crippen LogP contribution in [0.1, 0.15) is 40.4 Å². The van der Waals surface area contributed by atoms with Gasteiger partial charge < -0.3 is 10.1 Å². The Labute approximate surface area is 160 Å². The number of aromatic nitrogens is 4. The zero-order chi connectivity index (χ0) is 20.4. The number of amides is 1. The smallest absolute Gasteiger partial charge is 0.387 e. The summed E-state index contributed by atoms with van der Waals surface area (Å²) in [4.78, 5) is 12.5. The van der Waals surface area contributed by atoms with Gasteiger partial charge in [-0.25, -0.2) is 0 Å². The van der Waals surface area contributed by atoms with Gasteiger partial charge in [-0.05, 0) is 44.5 Å². The highest BCUT2D eigenvalue weighted by Gasteiger charge is 2.18. The Bertz CT molecular complexity index is 979. The Morgan fingerprint density at radius 2 is 1.93 bits per heavy atom. The number of rotatable bonds is 6. The second-order valence-corrected chi connectivity index (χ2v) is 6.48. The molecule has 0 aliphatic heterocycles. The summed E-state index contributed by atoms with van der Waals surface area (Å²) < 4.78 is 30.5. The number of aromatic amines is 1. The first-order valence-corrected chi connectivity index (χ1v) is 8.68. The van der Waals surface area contributed by atoms with Gasteiger partial charge in [-0.15, -0.1) is 0 Å². The predicted molar refractivity (Wildman–Crippen MR) is 99.2 cm³/mol. The molecule has 2 aromatic heterocycles. The van der Waals surface area contributed by atoms with Crippen molar-refractivity contribution in [1.29, 1.82) is 0 Å². The van der Waals surface area contributed by atoms with Crippen LogP contribution in [0.4, 0.5) is 8.78 Å². The Balaban J connectivity index is 1.70. The lowest BCUT2D eigenvalue weighted by molar-refractivity contribution is -0.0498. The van der Waals surface area contributed by atoms with Crippen molar-refractivity contribution >= 4 is 5.91 Å². The average molecular weight is 389 g/mol. The summed E-state index contributed by atoms with van der Waals surface area (Å²) in [6.07, 6.45) is 0. The van der Waals surface area contributed by atoms with Crippen molar-refractivity contribution in [3.63, 3.8) is 0 Å². The number of benzene rings is 1. The van der Waals surface area contributed by atoms with E-state index in [1.54, 1.807) is 29.8 Å². The summed E-state index contributed by atoms with van der Waals surface area (Å²) in [6, 6.07) is 7.48. The minimum Gasteiger partial charge on any atom is -0.435 e. The molecule has 0 aliphatic carbocycles. The summed E-state index contributed by atoms with van der Waals surface area (Å²) >= 11 is 0. The quantitative estimate of drug-likeness (QED) is 0.676. The fraction of sp³-hybridized carbons (Fsp3) is 0.316. The maximum absolute atomic E-state index is 12.5. The average Bonchev–Trinajstić information content (AvgIpc) is 3.20. The molecule has 0 radical (unpaired) electrons. The SMILES string of the molecule is Cc1nn(C)c(C)c1-c1cc(C(=O)NC(C)c2ccc(OC(F)F)cc2)[nH]n1. The van der Waals surface area contributed by atoms with E-state index in [2.05, 4.69) is 25.3 Å². The van der Waals surface area contributed by atoms with Crippen LogP contribution < -0.4 is 10.1 Å². The zero-order valence-electron chi connectivity index (χ0n) is 16.0. The second kappa shape index (κ2) is 7.79. The standard InChI is InChI=1S/C19H21F2N5O2/c1-10(13-5-7-14(8-6-13)28-19(20)21)22-18(27)16-9-15(23-24-16)17-11(2)25-26(4)12(17)3/h5-10,19H,1-4H3,(H,22,27)(H,23,24). The number of carbonyl (C=O) groups excluding carboxylic acids is 1. The Morgan fingerprint density at radius 1 is 1.25 bits per heavy atom. The van der Waals surface area contributed by atoms with Crippen molar-refractivity contribution in [1.82, 2.24) is 25.3 Å². The van der Waals surface area contributed by atoms with E-state index in [1.165, 1.54) is 12.1 Å². The zero-order valence-corrected chi connectivity index (χ0v) is 16.0. The molecule has 28 heavy (non-hydrogen) atoms. The largest absolute Gasteiger partial charge is 0.435 e. The number of nitrogens with zero attached hydrogens (tertiary/aromatic N) is 3. The van der Waals surface area contributed by atoms with Crippen LogP contribution in [0, 0.1) is 13.8 Å². The van der Waals surface area contributed by atoms with Crippen molar-refractivity contribution in [2.45, 2.75) is 33.4 Å². The third-order valence-corrected chi connectivity index (χ3v) is 4.54. The van der Waals surface area contributed by atoms with Crippen LogP contribution in [-0.4, -0.2) is 32.5 Å². The van der Waals surface area contributed by atoms with Crippen molar-refractivity contribution in [2.24, 2.45) is 7.05 Å². The minimum absolute atomic E-state index is 0.0673. The summed E-state index contributed by atoms with van der Waals surface area (Å²) in [5.41, 5.74) is 4.40. The van der Waals surface area contributed by atoms with E-state index in [0.717, 1.165) is 22.5 Å². The van der Waals surface area contributed by atoms with Gasteiger partial charge in [0.15, 0.2) is 0 Å². The Hall–Kier alpha value is -3.23. The monoisotopic (exact) mass is 389 g/mol. The number of ether oxygens (including phenoxy) is 1. The first-order chi connectivity index (χ1) is 13.3. The predicted octanol–water partition coefficient (Wildman–Crippen LogP) is 3.52. The number of aryl methyl sites for hydroxylation is 2. The molecule has 1 aromatic carbocycles. The molecule has 0 fully saturated rings. The number of carbonyl (C=O) groups is 1. The third kappa shape index (κ3) is 4.03. The molecule has 1 amide bonds. The maximum atomic E-state index is 12.5. The number of hydrogen-bond acceptors (Lipinski definition) is 4. The number of nitrogens with one attached hydrogen (secondary N) is 2. The van der Waals surface area contributed by atoms with Gasteiger partial charge in [-0.3, -0.25) is 14.6 Å². The van der Waals surface area contributed by atoms with Crippen LogP contribution in [-0.2, 0) is 7.05 Å². The molecule has 0 aliphatic rings. The molecular formula is C19H21F2N5O2. The lowest BCUT2D eigenvalue weighted by atomic mass is 10.1. The van der Waals surface area contributed by atoms with Gasteiger partial charge in [0.1, 0.15) is 11.4 Å². The van der Waals surface area contributed by atoms with Crippen molar-refractivity contribution < 1.29 is 18.3 Å². The fourth-order valence-electron chi connectivity index (χ4n) is 3.01. The minimum atomic E-state index is -2.87. The molecule has 2 N–H and O–H groups in total. The fourth-order valence-corrected chi connectivity index (χ4v) is 3.01. The molecule has 0 saturated heterocycles. The normalized spacial score (nSPS) is 12.2. The van der Waals surface area contributed by atoms with Crippen LogP contribution in [0.2, 0.25) is 0 Å². The lowest BCUT2D eigenvalue weighted by Crippen LogP contribution is -2.26. The number of halogens is 2. The first kappa shape index (κ1) is 19.5. The van der Waals surface area contributed by atoms with E-state index in [1.807, 2.05) is 20.9 Å². The van der Waals surface area contributed by atoms with E-state index >= 15 is 0 Å². The summed E-state index contributed by atoms with van der Waals surface area (Å²) in [7, 11) is 1.85. The molecule has 3 rings (SSSR count). The Morgan fingerprint density at radius 3 is 2.50 bits per heavy atom. The highest BCUT2D eigenvalue weighted by molar-refractivity contribution is 5.93. The van der Waals surface area contributed by atoms with Crippen LogP contribution >= 0.6 is 0 Å². The van der Waals surface area contributed by atoms with Gasteiger partial charge in [0.05, 0.1) is 17.4 Å². The van der Waals surface area contributed by atoms with Crippen LogP contribution in [0.25, 0.3) is 11.3 Å². The first-order valence-electron chi connectivity index (χ1n) is 8.68. The third-order valence-electron chi connectivity index (χ3n) is 4.54. The van der Waals surface area contributed by atoms with Crippen molar-refractivity contribution in [3.05, 3.63) is 53.0 Å². The molecule has 0 spiro atoms. The van der Waals surface area contributed by atoms with Gasteiger partial charge in [-0.2, -0.15) is 19.0 Å². The molecule has 9 heteroatoms. The highest BCUT2D eigenvalue weighted by Crippen LogP contribution is 2.25. The lowest BCUT2D eigenvalue weighted by Gasteiger charge is -2.14. The van der Waals surface area contributed by atoms with E-state index in [-0.39, 0.29) is 17.7 Å². The second-order valence-electron chi connectivity index (χ2n) is 6.48. The van der Waals surface area contributed by atoms with Crippen LogP contribution in [0.5, 0.6) is 5.75 Å². The van der Waals surface area contributed by atoms with Gasteiger partial charge in [0.25, 0.3) is 5.91 Å². The van der Waals surface area contributed by atoms with Crippen LogP contribution in [0.3, 0.4) is 0 Å². The molecule has 0 bridgehead atoms. The topological polar surface area (TPSA) is 84.8 Å². The molecule has 0 saturated carbocycles. The molecule has 7 nitrogen and oxygen atoms in total. The van der Waals surface area contributed by atoms with Gasteiger partial charge in [0, 0.05) is 18.3 Å². The summed E-state index contributed by atoms with van der Waals surface area (Å²) in [5.74, 6) is -0.254. The number of hydrogen-bond donors (Lipinski definition) is 2. The van der Waals surface area contributed by atoms with Gasteiger partial charge in [0.2, 0.25) is 0 Å². The van der Waals surface area contributed by atoms with Crippen molar-refractivity contribution in [3.8, 4) is 17.0 Å².